The molecule has 1 saturated heterocycles. The number of halogens is 1. The number of pyridine rings is 1. The van der Waals surface area contributed by atoms with Crippen molar-refractivity contribution in [2.75, 3.05) is 18.5 Å². The quantitative estimate of drug-likeness (QED) is 0.588. The Morgan fingerprint density at radius 2 is 2.10 bits per heavy atom. The minimum atomic E-state index is -0.199. The van der Waals surface area contributed by atoms with E-state index in [9.17, 15) is 4.79 Å². The van der Waals surface area contributed by atoms with Crippen LogP contribution in [0.25, 0.3) is 11.0 Å². The van der Waals surface area contributed by atoms with E-state index in [1.54, 1.807) is 12.4 Å². The molecule has 1 unspecified atom stereocenters. The number of ether oxygens (including phenoxy) is 1. The van der Waals surface area contributed by atoms with E-state index < -0.39 is 0 Å². The Bertz CT molecular complexity index is 1090. The Balaban J connectivity index is 1.65. The van der Waals surface area contributed by atoms with Crippen LogP contribution < -0.4 is 10.6 Å². The minimum absolute atomic E-state index is 0.183. The third kappa shape index (κ3) is 4.52. The zero-order valence-corrected chi connectivity index (χ0v) is 18.9. The van der Waals surface area contributed by atoms with Crippen LogP contribution in [-0.2, 0) is 11.3 Å². The van der Waals surface area contributed by atoms with Gasteiger partial charge in [-0.2, -0.15) is 5.10 Å². The normalized spacial score (nSPS) is 15.7. The molecule has 3 heterocycles. The molecular weight excluding hydrogens is 414 g/mol. The van der Waals surface area contributed by atoms with E-state index in [0.717, 1.165) is 40.7 Å². The maximum Gasteiger partial charge on any atom is 0.255 e. The lowest BCUT2D eigenvalue weighted by atomic mass is 10.0. The van der Waals surface area contributed by atoms with E-state index in [1.165, 1.54) is 0 Å². The minimum Gasteiger partial charge on any atom is -0.381 e. The highest BCUT2D eigenvalue weighted by Gasteiger charge is 2.23. The number of fused-ring (bicyclic) bond motifs is 1. The Morgan fingerprint density at radius 3 is 2.81 bits per heavy atom. The van der Waals surface area contributed by atoms with Gasteiger partial charge in [0, 0.05) is 37.0 Å². The molecule has 4 rings (SSSR count). The maximum atomic E-state index is 13.3. The number of aromatic nitrogens is 3. The van der Waals surface area contributed by atoms with E-state index in [4.69, 9.17) is 16.3 Å². The highest BCUT2D eigenvalue weighted by Crippen LogP contribution is 2.29. The summed E-state index contributed by atoms with van der Waals surface area (Å²) in [5.74, 6) is -0.183. The predicted octanol–water partition coefficient (Wildman–Crippen LogP) is 4.49. The first-order valence-electron chi connectivity index (χ1n) is 10.7. The van der Waals surface area contributed by atoms with E-state index in [1.807, 2.05) is 43.7 Å². The van der Waals surface area contributed by atoms with Crippen molar-refractivity contribution in [3.8, 4) is 0 Å². The van der Waals surface area contributed by atoms with Gasteiger partial charge in [-0.05, 0) is 50.8 Å². The first-order chi connectivity index (χ1) is 15.0. The van der Waals surface area contributed by atoms with E-state index in [-0.39, 0.29) is 18.0 Å². The van der Waals surface area contributed by atoms with Gasteiger partial charge in [0.1, 0.15) is 0 Å². The fourth-order valence-electron chi connectivity index (χ4n) is 3.87. The lowest BCUT2D eigenvalue weighted by Crippen LogP contribution is -2.31. The largest absolute Gasteiger partial charge is 0.381 e. The van der Waals surface area contributed by atoms with Gasteiger partial charge in [-0.15, -0.1) is 0 Å². The molecule has 0 saturated carbocycles. The summed E-state index contributed by atoms with van der Waals surface area (Å²) in [6.45, 7) is 8.07. The highest BCUT2D eigenvalue weighted by molar-refractivity contribution is 6.31. The smallest absolute Gasteiger partial charge is 0.255 e. The first kappa shape index (κ1) is 21.6. The molecule has 3 aromatic rings. The summed E-state index contributed by atoms with van der Waals surface area (Å²) in [6.07, 6.45) is 5.21. The van der Waals surface area contributed by atoms with Gasteiger partial charge in [0.05, 0.1) is 28.9 Å². The van der Waals surface area contributed by atoms with Crippen LogP contribution >= 0.6 is 11.6 Å². The number of aryl methyl sites for hydroxylation is 2. The molecule has 0 spiro atoms. The third-order valence-electron chi connectivity index (χ3n) is 5.82. The summed E-state index contributed by atoms with van der Waals surface area (Å²) >= 11 is 6.27. The lowest BCUT2D eigenvalue weighted by Gasteiger charge is -2.26. The first-order valence-corrected chi connectivity index (χ1v) is 11.1. The van der Waals surface area contributed by atoms with Gasteiger partial charge < -0.3 is 15.4 Å². The summed E-state index contributed by atoms with van der Waals surface area (Å²) in [5, 5.41) is 12.7. The van der Waals surface area contributed by atoms with E-state index >= 15 is 0 Å². The zero-order chi connectivity index (χ0) is 22.0. The van der Waals surface area contributed by atoms with Gasteiger partial charge >= 0.3 is 0 Å². The molecule has 2 N–H and O–H groups in total. The van der Waals surface area contributed by atoms with Crippen molar-refractivity contribution in [2.45, 2.75) is 52.2 Å². The predicted molar refractivity (Wildman–Crippen MR) is 123 cm³/mol. The molecule has 1 fully saturated rings. The van der Waals surface area contributed by atoms with Crippen molar-refractivity contribution in [3.63, 3.8) is 0 Å². The Labute approximate surface area is 187 Å². The van der Waals surface area contributed by atoms with Crippen LogP contribution in [0.3, 0.4) is 0 Å². The Hall–Kier alpha value is -2.64. The number of amides is 1. The van der Waals surface area contributed by atoms with E-state index in [2.05, 4.69) is 20.7 Å². The molecular formula is C23H28ClN5O2. The van der Waals surface area contributed by atoms with Crippen molar-refractivity contribution in [1.29, 1.82) is 0 Å². The van der Waals surface area contributed by atoms with Crippen molar-refractivity contribution in [3.05, 3.63) is 52.3 Å². The van der Waals surface area contributed by atoms with Crippen LogP contribution in [0.4, 0.5) is 5.69 Å². The van der Waals surface area contributed by atoms with Crippen LogP contribution in [0.1, 0.15) is 54.2 Å². The number of nitrogens with zero attached hydrogens (tertiary/aromatic N) is 3. The van der Waals surface area contributed by atoms with Crippen LogP contribution in [0.15, 0.2) is 30.6 Å². The molecule has 2 aromatic heterocycles. The number of hydrogen-bond donors (Lipinski definition) is 2. The standard InChI is InChI=1S/C23H28ClN5O2/c1-4-29-22-18(13-26-29)21(28-17-7-9-31-10-8-17)19(12-25-22)23(30)27-15(3)16-6-5-14(2)20(24)11-16/h5-6,11-13,15,17H,4,7-10H2,1-3H3,(H,25,28)(H,27,30). The monoisotopic (exact) mass is 441 g/mol. The topological polar surface area (TPSA) is 81.1 Å². The summed E-state index contributed by atoms with van der Waals surface area (Å²) in [4.78, 5) is 17.8. The average molecular weight is 442 g/mol. The van der Waals surface area contributed by atoms with Gasteiger partial charge in [-0.1, -0.05) is 23.7 Å². The van der Waals surface area contributed by atoms with Gasteiger partial charge in [0.2, 0.25) is 0 Å². The molecule has 1 aromatic carbocycles. The molecule has 0 radical (unpaired) electrons. The molecule has 164 valence electrons. The summed E-state index contributed by atoms with van der Waals surface area (Å²) < 4.78 is 7.32. The second kappa shape index (κ2) is 9.24. The van der Waals surface area contributed by atoms with Gasteiger partial charge in [0.15, 0.2) is 5.65 Å². The average Bonchev–Trinajstić information content (AvgIpc) is 3.20. The Morgan fingerprint density at radius 1 is 1.32 bits per heavy atom. The van der Waals surface area contributed by atoms with Crippen molar-refractivity contribution < 1.29 is 9.53 Å². The van der Waals surface area contributed by atoms with Crippen molar-refractivity contribution in [2.24, 2.45) is 0 Å². The summed E-state index contributed by atoms with van der Waals surface area (Å²) in [5.41, 5.74) is 4.03. The SMILES string of the molecule is CCn1ncc2c(NC3CCOCC3)c(C(=O)NC(C)c3ccc(C)c(Cl)c3)cnc21. The van der Waals surface area contributed by atoms with Crippen molar-refractivity contribution in [1.82, 2.24) is 20.1 Å². The zero-order valence-electron chi connectivity index (χ0n) is 18.1. The molecule has 0 bridgehead atoms. The number of anilines is 1. The van der Waals surface area contributed by atoms with Crippen LogP contribution in [-0.4, -0.2) is 39.9 Å². The summed E-state index contributed by atoms with van der Waals surface area (Å²) in [7, 11) is 0. The van der Waals surface area contributed by atoms with Gasteiger partial charge in [-0.3, -0.25) is 4.79 Å². The fourth-order valence-corrected chi connectivity index (χ4v) is 4.06. The van der Waals surface area contributed by atoms with Crippen LogP contribution in [0, 0.1) is 6.92 Å². The van der Waals surface area contributed by atoms with Gasteiger partial charge in [-0.25, -0.2) is 9.67 Å². The Kier molecular flexibility index (Phi) is 6.43. The number of hydrogen-bond acceptors (Lipinski definition) is 5. The highest BCUT2D eigenvalue weighted by atomic mass is 35.5. The number of rotatable bonds is 6. The number of carbonyl (C=O) groups excluding carboxylic acids is 1. The molecule has 31 heavy (non-hydrogen) atoms. The molecule has 0 aliphatic carbocycles. The molecule has 1 atom stereocenters. The fraction of sp³-hybridized carbons (Fsp3) is 0.435. The number of carbonyl (C=O) groups is 1. The molecule has 1 aliphatic heterocycles. The second-order valence-electron chi connectivity index (χ2n) is 7.98. The molecule has 1 amide bonds. The van der Waals surface area contributed by atoms with Gasteiger partial charge in [0.25, 0.3) is 5.91 Å². The van der Waals surface area contributed by atoms with Crippen LogP contribution in [0.5, 0.6) is 0 Å². The number of benzene rings is 1. The second-order valence-corrected chi connectivity index (χ2v) is 8.39. The molecule has 7 nitrogen and oxygen atoms in total. The molecule has 8 heteroatoms. The van der Waals surface area contributed by atoms with Crippen LogP contribution in [0.2, 0.25) is 5.02 Å². The number of nitrogens with one attached hydrogen (secondary N) is 2. The van der Waals surface area contributed by atoms with Crippen molar-refractivity contribution >= 4 is 34.2 Å². The van der Waals surface area contributed by atoms with E-state index in [0.29, 0.717) is 30.3 Å². The third-order valence-corrected chi connectivity index (χ3v) is 6.23. The lowest BCUT2D eigenvalue weighted by molar-refractivity contribution is 0.0903. The summed E-state index contributed by atoms with van der Waals surface area (Å²) in [6, 6.07) is 5.89. The maximum absolute atomic E-state index is 13.3. The molecule has 1 aliphatic rings.